The van der Waals surface area contributed by atoms with E-state index in [0.717, 1.165) is 12.8 Å². The average Bonchev–Trinajstić information content (AvgIpc) is 3.19. The fourth-order valence-corrected chi connectivity index (χ4v) is 5.41. The predicted molar refractivity (Wildman–Crippen MR) is 100 cm³/mol. The van der Waals surface area contributed by atoms with Gasteiger partial charge in [-0.25, -0.2) is 4.79 Å². The van der Waals surface area contributed by atoms with Gasteiger partial charge in [0.25, 0.3) is 5.91 Å². The molecular formula is C19H20N2O5S. The first-order valence-corrected chi connectivity index (χ1v) is 9.93. The molecule has 3 atom stereocenters. The van der Waals surface area contributed by atoms with Crippen LogP contribution in [0.5, 0.6) is 0 Å². The van der Waals surface area contributed by atoms with E-state index in [1.54, 1.807) is 24.3 Å². The fourth-order valence-electron chi connectivity index (χ4n) is 3.95. The van der Waals surface area contributed by atoms with Crippen LogP contribution < -0.4 is 4.90 Å². The number of benzene rings is 1. The predicted octanol–water partition coefficient (Wildman–Crippen LogP) is 1.84. The summed E-state index contributed by atoms with van der Waals surface area (Å²) in [5, 5.41) is 9.36. The van der Waals surface area contributed by atoms with Crippen molar-refractivity contribution in [1.29, 1.82) is 0 Å². The zero-order chi connectivity index (χ0) is 19.1. The molecule has 7 nitrogen and oxygen atoms in total. The van der Waals surface area contributed by atoms with Gasteiger partial charge in [-0.2, -0.15) is 0 Å². The van der Waals surface area contributed by atoms with E-state index < -0.39 is 17.4 Å². The lowest BCUT2D eigenvalue weighted by atomic mass is 9.97. The Morgan fingerprint density at radius 3 is 2.63 bits per heavy atom. The minimum Gasteiger partial charge on any atom is -0.477 e. The maximum atomic E-state index is 13.0. The number of thioether (sulfide) groups is 1. The molecule has 0 aliphatic carbocycles. The van der Waals surface area contributed by atoms with Crippen LogP contribution in [0.15, 0.2) is 41.6 Å². The molecule has 27 heavy (non-hydrogen) atoms. The summed E-state index contributed by atoms with van der Waals surface area (Å²) < 4.78 is 5.66. The van der Waals surface area contributed by atoms with Gasteiger partial charge >= 0.3 is 5.97 Å². The van der Waals surface area contributed by atoms with Crippen molar-refractivity contribution in [1.82, 2.24) is 4.90 Å². The molecule has 142 valence electrons. The van der Waals surface area contributed by atoms with Crippen LogP contribution in [0, 0.1) is 0 Å². The van der Waals surface area contributed by atoms with Crippen LogP contribution in [-0.4, -0.2) is 57.7 Å². The molecule has 2 amide bonds. The number of fused-ring (bicyclic) bond motifs is 1. The molecule has 0 spiro atoms. The van der Waals surface area contributed by atoms with E-state index in [1.807, 2.05) is 6.07 Å². The number of rotatable bonds is 4. The number of carboxylic acid groups (broad SMARTS) is 1. The van der Waals surface area contributed by atoms with E-state index in [0.29, 0.717) is 23.6 Å². The summed E-state index contributed by atoms with van der Waals surface area (Å²) in [6.45, 7) is 2.03. The molecule has 2 saturated heterocycles. The van der Waals surface area contributed by atoms with Crippen molar-refractivity contribution < 1.29 is 24.2 Å². The number of amides is 2. The normalized spacial score (nSPS) is 27.2. The highest BCUT2D eigenvalue weighted by atomic mass is 32.2. The second kappa shape index (κ2) is 7.01. The number of carbonyl (C=O) groups excluding carboxylic acids is 2. The largest absolute Gasteiger partial charge is 0.477 e. The smallest absolute Gasteiger partial charge is 0.352 e. The van der Waals surface area contributed by atoms with Crippen molar-refractivity contribution >= 4 is 35.2 Å². The average molecular weight is 388 g/mol. The van der Waals surface area contributed by atoms with E-state index in [1.165, 1.54) is 28.5 Å². The summed E-state index contributed by atoms with van der Waals surface area (Å²) in [6.07, 6.45) is 1.42. The number of anilines is 1. The van der Waals surface area contributed by atoms with Gasteiger partial charge in [0.2, 0.25) is 5.91 Å². The Morgan fingerprint density at radius 2 is 2.04 bits per heavy atom. The van der Waals surface area contributed by atoms with Crippen molar-refractivity contribution in [2.75, 3.05) is 17.3 Å². The zero-order valence-corrected chi connectivity index (χ0v) is 15.6. The molecule has 0 radical (unpaired) electrons. The molecule has 3 aliphatic rings. The lowest BCUT2D eigenvalue weighted by Crippen LogP contribution is -2.71. The van der Waals surface area contributed by atoms with Gasteiger partial charge in [-0.3, -0.25) is 19.4 Å². The maximum Gasteiger partial charge on any atom is 0.352 e. The SMILES string of the molecule is CC(=O)N(c1ccccc1)[C@@H]1C(=O)N2C(C(=O)O)=C(C3CCCO3)CS[C@H]12. The van der Waals surface area contributed by atoms with Crippen LogP contribution in [0.4, 0.5) is 5.69 Å². The Hall–Kier alpha value is -2.32. The van der Waals surface area contributed by atoms with E-state index in [9.17, 15) is 19.5 Å². The first kappa shape index (κ1) is 18.1. The Bertz CT molecular complexity index is 819. The van der Waals surface area contributed by atoms with Crippen LogP contribution in [0.3, 0.4) is 0 Å². The zero-order valence-electron chi connectivity index (χ0n) is 14.8. The summed E-state index contributed by atoms with van der Waals surface area (Å²) in [5.41, 5.74) is 1.33. The van der Waals surface area contributed by atoms with Gasteiger partial charge in [0.05, 0.1) is 6.10 Å². The second-order valence-corrected chi connectivity index (χ2v) is 7.86. The van der Waals surface area contributed by atoms with Crippen LogP contribution in [0.2, 0.25) is 0 Å². The van der Waals surface area contributed by atoms with Crippen LogP contribution in [0.1, 0.15) is 19.8 Å². The Morgan fingerprint density at radius 1 is 1.30 bits per heavy atom. The molecule has 3 heterocycles. The summed E-state index contributed by atoms with van der Waals surface area (Å²) in [7, 11) is 0. The number of ether oxygens (including phenoxy) is 1. The van der Waals surface area contributed by atoms with Gasteiger partial charge in [0.1, 0.15) is 17.1 Å². The third-order valence-electron chi connectivity index (χ3n) is 5.14. The van der Waals surface area contributed by atoms with E-state index in [2.05, 4.69) is 0 Å². The monoisotopic (exact) mass is 388 g/mol. The van der Waals surface area contributed by atoms with Crippen molar-refractivity contribution in [3.63, 3.8) is 0 Å². The summed E-state index contributed by atoms with van der Waals surface area (Å²) in [5.74, 6) is -1.24. The van der Waals surface area contributed by atoms with Gasteiger partial charge in [0, 0.05) is 25.0 Å². The molecule has 2 fully saturated rings. The molecule has 0 saturated carbocycles. The molecule has 3 aliphatic heterocycles. The molecule has 1 aromatic carbocycles. The molecule has 4 rings (SSSR count). The standard InChI is InChI=1S/C19H20N2O5S/c1-11(22)20(12-6-3-2-4-7-12)16-17(23)21-15(19(24)25)13(10-27-18(16)21)14-8-5-9-26-14/h2-4,6-7,14,16,18H,5,8-10H2,1H3,(H,24,25)/t14?,16-,18-/m1/s1. The molecule has 1 aromatic rings. The first-order valence-electron chi connectivity index (χ1n) is 8.88. The van der Waals surface area contributed by atoms with Gasteiger partial charge in [-0.05, 0) is 30.5 Å². The molecule has 1 N–H and O–H groups in total. The van der Waals surface area contributed by atoms with Crippen molar-refractivity contribution in [2.45, 2.75) is 37.3 Å². The first-order chi connectivity index (χ1) is 13.0. The van der Waals surface area contributed by atoms with Crippen molar-refractivity contribution in [2.24, 2.45) is 0 Å². The number of nitrogens with zero attached hydrogens (tertiary/aromatic N) is 2. The van der Waals surface area contributed by atoms with Crippen LogP contribution in [-0.2, 0) is 19.1 Å². The number of carboxylic acids is 1. The molecule has 8 heteroatoms. The number of hydrogen-bond donors (Lipinski definition) is 1. The minimum atomic E-state index is -1.12. The third-order valence-corrected chi connectivity index (χ3v) is 6.43. The topological polar surface area (TPSA) is 87.2 Å². The van der Waals surface area contributed by atoms with Crippen LogP contribution >= 0.6 is 11.8 Å². The van der Waals surface area contributed by atoms with Gasteiger partial charge < -0.3 is 9.84 Å². The number of hydrogen-bond acceptors (Lipinski definition) is 5. The number of aliphatic carboxylic acids is 1. The minimum absolute atomic E-state index is 0.0310. The van der Waals surface area contributed by atoms with Crippen molar-refractivity contribution in [3.05, 3.63) is 41.6 Å². The highest BCUT2D eigenvalue weighted by molar-refractivity contribution is 8.00. The number of β-lactam (4-membered cyclic amide) rings is 1. The van der Waals surface area contributed by atoms with Crippen LogP contribution in [0.25, 0.3) is 0 Å². The van der Waals surface area contributed by atoms with E-state index >= 15 is 0 Å². The van der Waals surface area contributed by atoms with Crippen molar-refractivity contribution in [3.8, 4) is 0 Å². The van der Waals surface area contributed by atoms with Gasteiger partial charge in [0.15, 0.2) is 0 Å². The number of para-hydroxylation sites is 1. The molecule has 1 unspecified atom stereocenters. The quantitative estimate of drug-likeness (QED) is 0.792. The summed E-state index contributed by atoms with van der Waals surface area (Å²) in [4.78, 5) is 40.0. The highest BCUT2D eigenvalue weighted by Crippen LogP contribution is 2.45. The molecule has 0 aromatic heterocycles. The van der Waals surface area contributed by atoms with E-state index in [-0.39, 0.29) is 23.6 Å². The summed E-state index contributed by atoms with van der Waals surface area (Å²) in [6, 6.07) is 8.30. The van der Waals surface area contributed by atoms with Gasteiger partial charge in [-0.15, -0.1) is 11.8 Å². The summed E-state index contributed by atoms with van der Waals surface area (Å²) >= 11 is 1.49. The van der Waals surface area contributed by atoms with Gasteiger partial charge in [-0.1, -0.05) is 18.2 Å². The molecular weight excluding hydrogens is 368 g/mol. The lowest BCUT2D eigenvalue weighted by Gasteiger charge is -2.53. The van der Waals surface area contributed by atoms with E-state index in [4.69, 9.17) is 4.74 Å². The third kappa shape index (κ3) is 2.93. The highest BCUT2D eigenvalue weighted by Gasteiger charge is 2.57. The molecule has 0 bridgehead atoms. The Balaban J connectivity index is 1.68. The fraction of sp³-hybridized carbons (Fsp3) is 0.421. The number of carbonyl (C=O) groups is 3. The lowest BCUT2D eigenvalue weighted by molar-refractivity contribution is -0.149. The maximum absolute atomic E-state index is 13.0. The Kier molecular flexibility index (Phi) is 4.69. The second-order valence-electron chi connectivity index (χ2n) is 6.76. The Labute approximate surface area is 161 Å².